The molecule has 0 radical (unpaired) electrons. The van der Waals surface area contributed by atoms with Crippen LogP contribution in [0, 0.1) is 0 Å². The fourth-order valence-electron chi connectivity index (χ4n) is 1.48. The summed E-state index contributed by atoms with van der Waals surface area (Å²) in [5.74, 6) is 0. The van der Waals surface area contributed by atoms with Crippen molar-refractivity contribution in [2.24, 2.45) is 0 Å². The average Bonchev–Trinajstić information content (AvgIpc) is 2.24. The van der Waals surface area contributed by atoms with E-state index in [2.05, 4.69) is 30.6 Å². The second kappa shape index (κ2) is 10.1. The normalized spacial score (nSPS) is 13.1. The van der Waals surface area contributed by atoms with Gasteiger partial charge >= 0.3 is 0 Å². The number of rotatable bonds is 10. The minimum atomic E-state index is 0.532. The fraction of sp³-hybridized carbons (Fsp3) is 0.833. The third kappa shape index (κ3) is 7.54. The van der Waals surface area contributed by atoms with Crippen LogP contribution in [0.3, 0.4) is 0 Å². The van der Waals surface area contributed by atoms with Crippen LogP contribution in [-0.2, 0) is 4.74 Å². The Hall–Kier alpha value is -0.380. The van der Waals surface area contributed by atoms with Crippen molar-refractivity contribution >= 4 is 0 Å². The number of hydrogen-bond donors (Lipinski definition) is 1. The second-order valence-electron chi connectivity index (χ2n) is 3.83. The first kappa shape index (κ1) is 14.6. The van der Waals surface area contributed by atoms with Crippen LogP contribution in [0.15, 0.2) is 12.7 Å². The molecule has 0 aliphatic carbocycles. The number of nitrogens with zero attached hydrogens (tertiary/aromatic N) is 1. The van der Waals surface area contributed by atoms with Crippen LogP contribution < -0.4 is 5.32 Å². The van der Waals surface area contributed by atoms with Crippen molar-refractivity contribution in [2.45, 2.75) is 26.3 Å². The highest BCUT2D eigenvalue weighted by Gasteiger charge is 2.10. The smallest absolute Gasteiger partial charge is 0.0589 e. The molecule has 0 aromatic carbocycles. The van der Waals surface area contributed by atoms with E-state index >= 15 is 0 Å². The molecule has 0 rings (SSSR count). The molecule has 3 heteroatoms. The summed E-state index contributed by atoms with van der Waals surface area (Å²) in [5, 5.41) is 3.43. The number of hydrogen-bond acceptors (Lipinski definition) is 3. The molecule has 0 spiro atoms. The zero-order valence-electron chi connectivity index (χ0n) is 10.5. The molecule has 0 bridgehead atoms. The summed E-state index contributed by atoms with van der Waals surface area (Å²) in [7, 11) is 1.74. The van der Waals surface area contributed by atoms with Crippen LogP contribution in [0.1, 0.15) is 20.3 Å². The highest BCUT2D eigenvalue weighted by Crippen LogP contribution is 1.98. The van der Waals surface area contributed by atoms with Crippen molar-refractivity contribution in [3.63, 3.8) is 0 Å². The van der Waals surface area contributed by atoms with Crippen LogP contribution >= 0.6 is 0 Å². The van der Waals surface area contributed by atoms with Crippen LogP contribution in [0.5, 0.6) is 0 Å². The topological polar surface area (TPSA) is 24.5 Å². The maximum absolute atomic E-state index is 5.10. The molecule has 1 unspecified atom stereocenters. The maximum atomic E-state index is 5.10. The van der Waals surface area contributed by atoms with Crippen molar-refractivity contribution in [1.29, 1.82) is 0 Å². The van der Waals surface area contributed by atoms with Gasteiger partial charge in [-0.2, -0.15) is 0 Å². The second-order valence-corrected chi connectivity index (χ2v) is 3.83. The van der Waals surface area contributed by atoms with Gasteiger partial charge in [-0.15, -0.1) is 6.58 Å². The molecule has 0 saturated carbocycles. The van der Waals surface area contributed by atoms with Gasteiger partial charge in [0.2, 0.25) is 0 Å². The van der Waals surface area contributed by atoms with E-state index in [9.17, 15) is 0 Å². The third-order valence-corrected chi connectivity index (χ3v) is 2.44. The Bertz CT molecular complexity index is 151. The molecule has 90 valence electrons. The first-order chi connectivity index (χ1) is 7.26. The van der Waals surface area contributed by atoms with Crippen LogP contribution in [0.2, 0.25) is 0 Å². The molecule has 0 aromatic rings. The lowest BCUT2D eigenvalue weighted by atomic mass is 10.2. The van der Waals surface area contributed by atoms with Crippen molar-refractivity contribution in [1.82, 2.24) is 10.2 Å². The highest BCUT2D eigenvalue weighted by atomic mass is 16.5. The molecule has 3 nitrogen and oxygen atoms in total. The lowest BCUT2D eigenvalue weighted by Crippen LogP contribution is -2.42. The molecule has 1 N–H and O–H groups in total. The van der Waals surface area contributed by atoms with Gasteiger partial charge in [0.1, 0.15) is 0 Å². The minimum absolute atomic E-state index is 0.532. The summed E-state index contributed by atoms with van der Waals surface area (Å²) in [5.41, 5.74) is 0. The van der Waals surface area contributed by atoms with E-state index in [4.69, 9.17) is 4.74 Å². The lowest BCUT2D eigenvalue weighted by molar-refractivity contribution is 0.132. The summed E-state index contributed by atoms with van der Waals surface area (Å²) in [6, 6.07) is 0.532. The Kier molecular flexibility index (Phi) is 9.89. The molecule has 1 atom stereocenters. The quantitative estimate of drug-likeness (QED) is 0.441. The van der Waals surface area contributed by atoms with Crippen LogP contribution in [0.25, 0.3) is 0 Å². The summed E-state index contributed by atoms with van der Waals surface area (Å²) < 4.78 is 5.10. The molecule has 0 aromatic heterocycles. The van der Waals surface area contributed by atoms with E-state index in [-0.39, 0.29) is 0 Å². The largest absolute Gasteiger partial charge is 0.383 e. The van der Waals surface area contributed by atoms with Crippen molar-refractivity contribution in [3.05, 3.63) is 12.7 Å². The summed E-state index contributed by atoms with van der Waals surface area (Å²) in [6.07, 6.45) is 3.14. The molecule has 0 fully saturated rings. The van der Waals surface area contributed by atoms with E-state index in [1.807, 2.05) is 6.08 Å². The number of methoxy groups -OCH3 is 1. The van der Waals surface area contributed by atoms with Gasteiger partial charge < -0.3 is 10.1 Å². The molecule has 0 amide bonds. The SMILES string of the molecule is C=CCN(CCOC)C(C)CNCCC. The Morgan fingerprint density at radius 1 is 1.53 bits per heavy atom. The average molecular weight is 214 g/mol. The van der Waals surface area contributed by atoms with E-state index < -0.39 is 0 Å². The van der Waals surface area contributed by atoms with Gasteiger partial charge in [0.15, 0.2) is 0 Å². The predicted octanol–water partition coefficient (Wildman–Crippen LogP) is 1.51. The zero-order chi connectivity index (χ0) is 11.5. The first-order valence-corrected chi connectivity index (χ1v) is 5.80. The molecule has 0 heterocycles. The van der Waals surface area contributed by atoms with Gasteiger partial charge in [-0.3, -0.25) is 4.90 Å². The predicted molar refractivity (Wildman–Crippen MR) is 66.3 cm³/mol. The molecule has 0 aliphatic heterocycles. The monoisotopic (exact) mass is 214 g/mol. The number of nitrogens with one attached hydrogen (secondary N) is 1. The van der Waals surface area contributed by atoms with E-state index in [1.54, 1.807) is 7.11 Å². The molecule has 0 aliphatic rings. The van der Waals surface area contributed by atoms with Gasteiger partial charge in [0, 0.05) is 32.8 Å². The van der Waals surface area contributed by atoms with E-state index in [0.717, 1.165) is 32.8 Å². The first-order valence-electron chi connectivity index (χ1n) is 5.80. The molecule has 0 saturated heterocycles. The summed E-state index contributed by atoms with van der Waals surface area (Å²) in [4.78, 5) is 2.37. The van der Waals surface area contributed by atoms with Gasteiger partial charge in [-0.25, -0.2) is 0 Å². The zero-order valence-corrected chi connectivity index (χ0v) is 10.5. The summed E-state index contributed by atoms with van der Waals surface area (Å²) >= 11 is 0. The van der Waals surface area contributed by atoms with E-state index in [1.165, 1.54) is 6.42 Å². The Balaban J connectivity index is 3.80. The van der Waals surface area contributed by atoms with Gasteiger partial charge in [0.25, 0.3) is 0 Å². The van der Waals surface area contributed by atoms with Gasteiger partial charge in [-0.1, -0.05) is 13.0 Å². The van der Waals surface area contributed by atoms with Gasteiger partial charge in [-0.05, 0) is 19.9 Å². The fourth-order valence-corrected chi connectivity index (χ4v) is 1.48. The molecular weight excluding hydrogens is 188 g/mol. The van der Waals surface area contributed by atoms with Crippen molar-refractivity contribution < 1.29 is 4.74 Å². The third-order valence-electron chi connectivity index (χ3n) is 2.44. The maximum Gasteiger partial charge on any atom is 0.0589 e. The Labute approximate surface area is 94.5 Å². The number of ether oxygens (including phenoxy) is 1. The standard InChI is InChI=1S/C12H26N2O/c1-5-7-13-11-12(3)14(8-6-2)9-10-15-4/h6,12-13H,2,5,7-11H2,1,3-4H3. The van der Waals surface area contributed by atoms with E-state index in [0.29, 0.717) is 6.04 Å². The summed E-state index contributed by atoms with van der Waals surface area (Å²) in [6.45, 7) is 13.0. The lowest BCUT2D eigenvalue weighted by Gasteiger charge is -2.27. The molecule has 15 heavy (non-hydrogen) atoms. The molecular formula is C12H26N2O. The van der Waals surface area contributed by atoms with Crippen LogP contribution in [-0.4, -0.2) is 50.8 Å². The highest BCUT2D eigenvalue weighted by molar-refractivity contribution is 4.78. The van der Waals surface area contributed by atoms with Crippen molar-refractivity contribution in [2.75, 3.05) is 39.9 Å². The van der Waals surface area contributed by atoms with Crippen molar-refractivity contribution in [3.8, 4) is 0 Å². The van der Waals surface area contributed by atoms with Gasteiger partial charge in [0.05, 0.1) is 6.61 Å². The Morgan fingerprint density at radius 3 is 2.80 bits per heavy atom. The Morgan fingerprint density at radius 2 is 2.27 bits per heavy atom. The minimum Gasteiger partial charge on any atom is -0.383 e. The van der Waals surface area contributed by atoms with Crippen LogP contribution in [0.4, 0.5) is 0 Å².